The van der Waals surface area contributed by atoms with Crippen LogP contribution < -0.4 is 16.5 Å². The van der Waals surface area contributed by atoms with Crippen molar-refractivity contribution in [2.45, 2.75) is 51.4 Å². The Morgan fingerprint density at radius 3 is 2.18 bits per heavy atom. The summed E-state index contributed by atoms with van der Waals surface area (Å²) in [5.41, 5.74) is 7.89. The van der Waals surface area contributed by atoms with Gasteiger partial charge in [-0.05, 0) is 25.8 Å². The Morgan fingerprint density at radius 1 is 1.12 bits per heavy atom. The van der Waals surface area contributed by atoms with E-state index in [1.54, 1.807) is 17.0 Å². The van der Waals surface area contributed by atoms with Crippen LogP contribution in [0.4, 0.5) is 0 Å². The van der Waals surface area contributed by atoms with E-state index in [-0.39, 0.29) is 0 Å². The van der Waals surface area contributed by atoms with Gasteiger partial charge in [0.05, 0.1) is 14.9 Å². The first-order valence-corrected chi connectivity index (χ1v) is 6.36. The van der Waals surface area contributed by atoms with E-state index in [2.05, 4.69) is 10.7 Å². The van der Waals surface area contributed by atoms with Gasteiger partial charge in [-0.3, -0.25) is 5.73 Å². The zero-order valence-electron chi connectivity index (χ0n) is 13.1. The van der Waals surface area contributed by atoms with Crippen LogP contribution in [0.2, 0.25) is 1.41 Å². The fourth-order valence-electron chi connectivity index (χ4n) is 1.59. The topological polar surface area (TPSA) is 75.2 Å². The van der Waals surface area contributed by atoms with Crippen LogP contribution in [0.3, 0.4) is 0 Å². The van der Waals surface area contributed by atoms with Crippen LogP contribution in [-0.4, -0.2) is 27.5 Å². The van der Waals surface area contributed by atoms with Gasteiger partial charge in [-0.25, -0.2) is 4.99 Å². The minimum absolute atomic E-state index is 0.410. The van der Waals surface area contributed by atoms with E-state index >= 15 is 0 Å². The Bertz CT molecular complexity index is 198. The number of nitrogens with one attached hydrogen (secondary N) is 1. The predicted octanol–water partition coefficient (Wildman–Crippen LogP) is 0.166. The molecule has 0 aliphatic heterocycles. The standard InChI is InChI=1S/C12H27N3O.H3P/c1-16-12(14)15-11-9-7-5-3-2-4-6-8-10-13;/h2-11,13H2,1H3,(H2,14,15);1H3/p+1/i;1T/hT. The van der Waals surface area contributed by atoms with E-state index in [4.69, 9.17) is 13.2 Å². The normalized spacial score (nSPS) is 12.2. The monoisotopic (exact) mass is 268 g/mol. The van der Waals surface area contributed by atoms with Gasteiger partial charge in [0.15, 0.2) is 0 Å². The van der Waals surface area contributed by atoms with E-state index in [0.717, 1.165) is 25.9 Å². The van der Waals surface area contributed by atoms with Crippen LogP contribution in [0, 0.1) is 0 Å². The molecule has 0 saturated heterocycles. The molecule has 5 heteroatoms. The van der Waals surface area contributed by atoms with E-state index in [1.807, 2.05) is 0 Å². The number of hydrogen-bond donors (Lipinski definition) is 3. The molecule has 0 aromatic rings. The Hall–Kier alpha value is -0.340. The van der Waals surface area contributed by atoms with E-state index in [0.29, 0.717) is 6.02 Å². The van der Waals surface area contributed by atoms with Crippen LogP contribution in [0.25, 0.3) is 0 Å². The lowest BCUT2D eigenvalue weighted by molar-refractivity contribution is -0.468. The van der Waals surface area contributed by atoms with E-state index < -0.39 is 0 Å². The lowest BCUT2D eigenvalue weighted by Crippen LogP contribution is -2.75. The molecular weight excluding hydrogens is 233 g/mol. The average Bonchev–Trinajstić information content (AvgIpc) is 2.46. The van der Waals surface area contributed by atoms with Crippen LogP contribution >= 0.6 is 9.84 Å². The van der Waals surface area contributed by atoms with Crippen LogP contribution in [0.15, 0.2) is 0 Å². The molecule has 0 heterocycles. The van der Waals surface area contributed by atoms with Gasteiger partial charge in [0.2, 0.25) is 0 Å². The molecule has 0 aromatic carbocycles. The Balaban J connectivity index is 0. The maximum Gasteiger partial charge on any atom is 0.439 e. The maximum atomic E-state index is 6.78. The number of rotatable bonds is 11. The molecule has 5 N–H and O–H groups in total. The van der Waals surface area contributed by atoms with Gasteiger partial charge in [-0.15, -0.1) is 0 Å². The third kappa shape index (κ3) is 15.7. The summed E-state index contributed by atoms with van der Waals surface area (Å²) in [4.78, 5) is 3.01. The van der Waals surface area contributed by atoms with Gasteiger partial charge < -0.3 is 10.5 Å². The largest absolute Gasteiger partial charge is 0.439 e. The molecule has 0 aromatic heterocycles. The quantitative estimate of drug-likeness (QED) is 0.216. The second-order valence-corrected chi connectivity index (χ2v) is 4.07. The first-order valence-electron chi connectivity index (χ1n) is 7.44. The fourth-order valence-corrected chi connectivity index (χ4v) is 1.59. The molecule has 0 aliphatic rings. The second kappa shape index (κ2) is 15.7. The molecule has 0 spiro atoms. The minimum atomic E-state index is 0.410. The van der Waals surface area contributed by atoms with Crippen molar-refractivity contribution in [2.75, 3.05) is 20.2 Å². The highest BCUT2D eigenvalue weighted by atomic mass is 31.0. The zero-order chi connectivity index (χ0) is 14.8. The molecule has 0 fully saturated rings. The Labute approximate surface area is 112 Å². The van der Waals surface area contributed by atoms with Gasteiger partial charge in [-0.1, -0.05) is 32.1 Å². The summed E-state index contributed by atoms with van der Waals surface area (Å²) in [6.07, 6.45) is 9.99. The highest BCUT2D eigenvalue weighted by Crippen LogP contribution is 2.07. The summed E-state index contributed by atoms with van der Waals surface area (Å²) in [7, 11) is 3.23. The molecular formula is C12H31N3OP+. The first kappa shape index (κ1) is 14.7. The van der Waals surface area contributed by atoms with Crippen molar-refractivity contribution in [1.82, 2.24) is 0 Å². The molecule has 4 nitrogen and oxygen atoms in total. The second-order valence-electron chi connectivity index (χ2n) is 4.07. The summed E-state index contributed by atoms with van der Waals surface area (Å²) >= 11 is 0. The third-order valence-electron chi connectivity index (χ3n) is 2.62. The summed E-state index contributed by atoms with van der Waals surface area (Å²) in [6, 6.07) is 0.410. The summed E-state index contributed by atoms with van der Waals surface area (Å²) < 4.78 is 17.3. The highest BCUT2D eigenvalue weighted by Gasteiger charge is 1.95. The molecule has 0 saturated carbocycles. The molecule has 0 amide bonds. The van der Waals surface area contributed by atoms with E-state index in [9.17, 15) is 0 Å². The van der Waals surface area contributed by atoms with Crippen molar-refractivity contribution in [3.8, 4) is 0 Å². The van der Waals surface area contributed by atoms with E-state index in [1.165, 1.54) is 38.5 Å². The number of hydrogen-bond acceptors (Lipinski definition) is 2. The lowest BCUT2D eigenvalue weighted by atomic mass is 10.1. The van der Waals surface area contributed by atoms with Crippen molar-refractivity contribution in [2.24, 2.45) is 11.5 Å². The van der Waals surface area contributed by atoms with Crippen LogP contribution in [-0.2, 0) is 4.74 Å². The average molecular weight is 268 g/mol. The number of methoxy groups -OCH3 is 1. The number of amidine groups is 1. The number of nitrogens with two attached hydrogens (primary N) is 2. The summed E-state index contributed by atoms with van der Waals surface area (Å²) in [5, 5.41) is 0. The molecule has 0 aliphatic carbocycles. The lowest BCUT2D eigenvalue weighted by Gasteiger charge is -2.00. The van der Waals surface area contributed by atoms with Crippen molar-refractivity contribution < 1.29 is 11.1 Å². The molecule has 17 heavy (non-hydrogen) atoms. The predicted molar refractivity (Wildman–Crippen MR) is 79.1 cm³/mol. The van der Waals surface area contributed by atoms with Gasteiger partial charge in [0.25, 0.3) is 0 Å². The molecule has 0 rings (SSSR count). The van der Waals surface area contributed by atoms with Gasteiger partial charge >= 0.3 is 6.02 Å². The summed E-state index contributed by atoms with van der Waals surface area (Å²) in [5.74, 6) is 0. The first-order chi connectivity index (χ1) is 9.31. The highest BCUT2D eigenvalue weighted by molar-refractivity contribution is 6.92. The van der Waals surface area contributed by atoms with Crippen LogP contribution in [0.1, 0.15) is 51.4 Å². The van der Waals surface area contributed by atoms with Crippen molar-refractivity contribution in [3.63, 3.8) is 0 Å². The SMILES string of the molecule is [3H]NCCCCCCCCCC[NH+]=C(N)OC.[3H]P. The zero-order valence-corrected chi connectivity index (χ0v) is 12.3. The van der Waals surface area contributed by atoms with Gasteiger partial charge in [0.1, 0.15) is 1.41 Å². The maximum absolute atomic E-state index is 6.78. The van der Waals surface area contributed by atoms with Gasteiger partial charge in [0, 0.05) is 0 Å². The van der Waals surface area contributed by atoms with Crippen molar-refractivity contribution in [1.29, 1.82) is 1.28 Å². The number of ether oxygens (including phenoxy) is 1. The van der Waals surface area contributed by atoms with Crippen molar-refractivity contribution >= 4 is 15.9 Å². The minimum Gasteiger partial charge on any atom is -0.435 e. The molecule has 0 radical (unpaired) electrons. The summed E-state index contributed by atoms with van der Waals surface area (Å²) in [6.45, 7) is 1.72. The smallest absolute Gasteiger partial charge is 0.435 e. The van der Waals surface area contributed by atoms with Gasteiger partial charge in [-0.2, -0.15) is 9.84 Å². The third-order valence-corrected chi connectivity index (χ3v) is 2.62. The molecule has 1 atom stereocenters. The number of unbranched alkanes of at least 4 members (excludes halogenated alkanes) is 7. The van der Waals surface area contributed by atoms with Crippen molar-refractivity contribution in [3.05, 3.63) is 0 Å². The fraction of sp³-hybridized carbons (Fsp3) is 0.917. The van der Waals surface area contributed by atoms with Crippen LogP contribution in [0.5, 0.6) is 0 Å². The Morgan fingerprint density at radius 2 is 1.65 bits per heavy atom. The molecule has 1 unspecified atom stereocenters. The Kier molecular flexibility index (Phi) is 13.6. The molecule has 104 valence electrons. The molecule has 0 bridgehead atoms.